The highest BCUT2D eigenvalue weighted by molar-refractivity contribution is 8.01. The van der Waals surface area contributed by atoms with Crippen LogP contribution in [0.15, 0.2) is 30.3 Å². The van der Waals surface area contributed by atoms with Crippen LogP contribution in [0.4, 0.5) is 0 Å². The minimum absolute atomic E-state index is 0.191. The van der Waals surface area contributed by atoms with Crippen molar-refractivity contribution in [2.75, 3.05) is 6.79 Å². The fourth-order valence-electron chi connectivity index (χ4n) is 5.69. The van der Waals surface area contributed by atoms with Crippen LogP contribution in [0.1, 0.15) is 45.7 Å². The molecule has 0 saturated carbocycles. The van der Waals surface area contributed by atoms with Gasteiger partial charge in [0.05, 0.1) is 11.2 Å². The molecule has 3 unspecified atom stereocenters. The zero-order chi connectivity index (χ0) is 29.4. The van der Waals surface area contributed by atoms with Gasteiger partial charge in [-0.1, -0.05) is 30.3 Å². The lowest BCUT2D eigenvalue weighted by atomic mass is 9.95. The van der Waals surface area contributed by atoms with E-state index in [0.717, 1.165) is 4.90 Å². The number of β-lactam (4-membered cyclic amide) rings is 2. The van der Waals surface area contributed by atoms with Gasteiger partial charge in [0.1, 0.15) is 34.9 Å². The van der Waals surface area contributed by atoms with Crippen molar-refractivity contribution in [3.63, 3.8) is 0 Å². The average Bonchev–Trinajstić information content (AvgIpc) is 3.22. The standard InChI is InChI=1S/C25H30N4O9S2/c1-24(2)17(29-20(32)16(21(29)39-24)27-19(31)15(26)12-8-6-5-7-9-12)22(33)37-11-38-23(34)18-25(3,4)40(35,36)14-10-13(30)28(14)18/h5-9,14-18,21H,10-11,26H2,1-4H3,(H,27,31)/t14?,15?,16-,17?,18+,21-/m1/s1. The highest BCUT2D eigenvalue weighted by Gasteiger charge is 2.68. The highest BCUT2D eigenvalue weighted by atomic mass is 32.2. The molecule has 5 rings (SSSR count). The quantitative estimate of drug-likeness (QED) is 0.234. The zero-order valence-corrected chi connectivity index (χ0v) is 23.9. The van der Waals surface area contributed by atoms with E-state index in [1.807, 2.05) is 0 Å². The monoisotopic (exact) mass is 594 g/mol. The topological polar surface area (TPSA) is 182 Å². The number of fused-ring (bicyclic) bond motifs is 2. The molecule has 0 radical (unpaired) electrons. The molecule has 13 nitrogen and oxygen atoms in total. The van der Waals surface area contributed by atoms with Crippen LogP contribution in [0.3, 0.4) is 0 Å². The summed E-state index contributed by atoms with van der Waals surface area (Å²) in [4.78, 5) is 65.9. The Hall–Kier alpha value is -3.17. The summed E-state index contributed by atoms with van der Waals surface area (Å²) < 4.78 is 33.3. The number of rotatable bonds is 7. The van der Waals surface area contributed by atoms with Crippen molar-refractivity contribution in [3.05, 3.63) is 35.9 Å². The van der Waals surface area contributed by atoms with Crippen LogP contribution in [-0.2, 0) is 43.3 Å². The Morgan fingerprint density at radius 3 is 2.25 bits per heavy atom. The molecule has 0 bridgehead atoms. The first-order chi connectivity index (χ1) is 18.6. The molecular formula is C25H30N4O9S2. The van der Waals surface area contributed by atoms with Crippen molar-refractivity contribution < 1.29 is 41.9 Å². The van der Waals surface area contributed by atoms with Crippen LogP contribution in [0.25, 0.3) is 0 Å². The molecule has 4 aliphatic rings. The lowest BCUT2D eigenvalue weighted by molar-refractivity contribution is -0.181. The van der Waals surface area contributed by atoms with Crippen molar-refractivity contribution in [2.24, 2.45) is 5.73 Å². The zero-order valence-electron chi connectivity index (χ0n) is 22.2. The van der Waals surface area contributed by atoms with Gasteiger partial charge in [-0.15, -0.1) is 11.8 Å². The fraction of sp³-hybridized carbons (Fsp3) is 0.560. The second-order valence-electron chi connectivity index (χ2n) is 11.2. The summed E-state index contributed by atoms with van der Waals surface area (Å²) >= 11 is 1.31. The number of nitrogens with one attached hydrogen (secondary N) is 1. The Morgan fingerprint density at radius 2 is 1.65 bits per heavy atom. The smallest absolute Gasteiger partial charge is 0.333 e. The SMILES string of the molecule is CC1(C)S[C@@H]2[C@H](NC(=O)C(N)c3ccccc3)C(=O)N2C1C(=O)OCOC(=O)[C@@H]1N2C(=O)CC2S(=O)(=O)C1(C)C. The van der Waals surface area contributed by atoms with Gasteiger partial charge >= 0.3 is 11.9 Å². The number of benzene rings is 1. The molecule has 216 valence electrons. The molecule has 0 spiro atoms. The van der Waals surface area contributed by atoms with Crippen molar-refractivity contribution in [3.8, 4) is 0 Å². The summed E-state index contributed by atoms with van der Waals surface area (Å²) in [6, 6.07) is 4.45. The molecule has 4 heterocycles. The van der Waals surface area contributed by atoms with Gasteiger partial charge in [0.2, 0.25) is 24.5 Å². The van der Waals surface area contributed by atoms with Gasteiger partial charge in [0, 0.05) is 4.75 Å². The molecule has 3 N–H and O–H groups in total. The Balaban J connectivity index is 1.19. The molecular weight excluding hydrogens is 564 g/mol. The normalized spacial score (nSPS) is 31.3. The van der Waals surface area contributed by atoms with Gasteiger partial charge in [-0.3, -0.25) is 14.4 Å². The molecule has 1 aromatic carbocycles. The first-order valence-electron chi connectivity index (χ1n) is 12.6. The fourth-order valence-corrected chi connectivity index (χ4v) is 9.44. The predicted octanol–water partition coefficient (Wildman–Crippen LogP) is -0.589. The number of hydrogen-bond donors (Lipinski definition) is 2. The Labute approximate surface area is 235 Å². The molecule has 4 fully saturated rings. The van der Waals surface area contributed by atoms with Crippen LogP contribution in [-0.4, -0.2) is 93.0 Å². The van der Waals surface area contributed by atoms with E-state index in [-0.39, 0.29) is 6.42 Å². The number of nitrogens with two attached hydrogens (primary N) is 1. The summed E-state index contributed by atoms with van der Waals surface area (Å²) in [6.07, 6.45) is -0.191. The lowest BCUT2D eigenvalue weighted by Crippen LogP contribution is -2.71. The van der Waals surface area contributed by atoms with Crippen LogP contribution >= 0.6 is 11.8 Å². The van der Waals surface area contributed by atoms with Crippen molar-refractivity contribution in [2.45, 2.75) is 78.5 Å². The highest BCUT2D eigenvalue weighted by Crippen LogP contribution is 2.51. The maximum atomic E-state index is 13.0. The lowest BCUT2D eigenvalue weighted by Gasteiger charge is -2.44. The third kappa shape index (κ3) is 4.08. The van der Waals surface area contributed by atoms with Gasteiger partial charge in [-0.05, 0) is 33.3 Å². The second-order valence-corrected chi connectivity index (χ2v) is 15.6. The van der Waals surface area contributed by atoms with E-state index in [2.05, 4.69) is 5.32 Å². The van der Waals surface area contributed by atoms with Crippen LogP contribution in [0.5, 0.6) is 0 Å². The Bertz CT molecular complexity index is 1400. The number of esters is 2. The summed E-state index contributed by atoms with van der Waals surface area (Å²) in [5.41, 5.74) is 6.64. The number of carbonyl (C=O) groups is 5. The number of ether oxygens (including phenoxy) is 2. The predicted molar refractivity (Wildman–Crippen MR) is 140 cm³/mol. The minimum Gasteiger partial charge on any atom is -0.426 e. The minimum atomic E-state index is -3.80. The van der Waals surface area contributed by atoms with E-state index in [9.17, 15) is 32.4 Å². The van der Waals surface area contributed by atoms with E-state index < -0.39 is 90.7 Å². The summed E-state index contributed by atoms with van der Waals surface area (Å²) in [5.74, 6) is -3.32. The third-order valence-electron chi connectivity index (χ3n) is 8.00. The summed E-state index contributed by atoms with van der Waals surface area (Å²) in [6.45, 7) is 5.37. The molecule has 6 atom stereocenters. The van der Waals surface area contributed by atoms with Crippen LogP contribution < -0.4 is 11.1 Å². The van der Waals surface area contributed by atoms with Crippen LogP contribution in [0.2, 0.25) is 0 Å². The molecule has 15 heteroatoms. The second kappa shape index (κ2) is 9.45. The largest absolute Gasteiger partial charge is 0.426 e. The van der Waals surface area contributed by atoms with Gasteiger partial charge in [0.25, 0.3) is 0 Å². The number of hydrogen-bond acceptors (Lipinski definition) is 11. The molecule has 4 saturated heterocycles. The van der Waals surface area contributed by atoms with Gasteiger partial charge in [-0.2, -0.15) is 0 Å². The number of sulfone groups is 1. The number of carbonyl (C=O) groups excluding carboxylic acids is 5. The maximum Gasteiger partial charge on any atom is 0.333 e. The third-order valence-corrected chi connectivity index (χ3v) is 12.4. The van der Waals surface area contributed by atoms with E-state index in [0.29, 0.717) is 5.56 Å². The van der Waals surface area contributed by atoms with Crippen molar-refractivity contribution in [1.29, 1.82) is 0 Å². The summed E-state index contributed by atoms with van der Waals surface area (Å²) in [5, 5.41) is 1.07. The first kappa shape index (κ1) is 28.4. The van der Waals surface area contributed by atoms with E-state index >= 15 is 0 Å². The van der Waals surface area contributed by atoms with E-state index in [4.69, 9.17) is 15.2 Å². The van der Waals surface area contributed by atoms with E-state index in [1.54, 1.807) is 44.2 Å². The average molecular weight is 595 g/mol. The van der Waals surface area contributed by atoms with Gasteiger partial charge in [0.15, 0.2) is 9.84 Å². The first-order valence-corrected chi connectivity index (χ1v) is 15.0. The number of thioether (sulfide) groups is 1. The van der Waals surface area contributed by atoms with Crippen molar-refractivity contribution >= 4 is 51.3 Å². The van der Waals surface area contributed by atoms with Gasteiger partial charge in [-0.25, -0.2) is 18.0 Å². The molecule has 3 amide bonds. The Kier molecular flexibility index (Phi) is 6.70. The molecule has 0 aromatic heterocycles. The van der Waals surface area contributed by atoms with E-state index in [1.165, 1.54) is 30.5 Å². The molecule has 4 aliphatic heterocycles. The summed E-state index contributed by atoms with van der Waals surface area (Å²) in [7, 11) is -3.80. The molecule has 0 aliphatic carbocycles. The molecule has 1 aromatic rings. The number of nitrogens with zero attached hydrogens (tertiary/aromatic N) is 2. The van der Waals surface area contributed by atoms with Gasteiger partial charge < -0.3 is 30.3 Å². The Morgan fingerprint density at radius 1 is 1.05 bits per heavy atom. The molecule has 40 heavy (non-hydrogen) atoms. The maximum absolute atomic E-state index is 13.0. The van der Waals surface area contributed by atoms with Crippen molar-refractivity contribution in [1.82, 2.24) is 15.1 Å². The van der Waals surface area contributed by atoms with Crippen LogP contribution in [0, 0.1) is 0 Å². The number of amides is 3.